The van der Waals surface area contributed by atoms with Gasteiger partial charge in [0.1, 0.15) is 11.4 Å². The molecule has 1 aromatic heterocycles. The Balaban J connectivity index is 1.49. The van der Waals surface area contributed by atoms with E-state index in [1.54, 1.807) is 7.11 Å². The number of likely N-dealkylation sites (tertiary alicyclic amines) is 1. The minimum Gasteiger partial charge on any atom is -0.497 e. The van der Waals surface area contributed by atoms with Crippen LogP contribution in [0.25, 0.3) is 10.9 Å². The van der Waals surface area contributed by atoms with Crippen LogP contribution in [0.15, 0.2) is 24.3 Å². The number of fused-ring (bicyclic) bond motifs is 1. The van der Waals surface area contributed by atoms with Gasteiger partial charge in [0.15, 0.2) is 0 Å². The number of rotatable bonds is 4. The zero-order valence-electron chi connectivity index (χ0n) is 13.9. The van der Waals surface area contributed by atoms with Crippen LogP contribution in [-0.4, -0.2) is 61.3 Å². The lowest BCUT2D eigenvalue weighted by Gasteiger charge is -2.27. The van der Waals surface area contributed by atoms with Crippen molar-refractivity contribution in [2.75, 3.05) is 33.4 Å². The molecule has 0 aliphatic carbocycles. The first-order valence-electron chi connectivity index (χ1n) is 8.54. The Morgan fingerprint density at radius 2 is 2.12 bits per heavy atom. The van der Waals surface area contributed by atoms with E-state index in [2.05, 4.69) is 15.2 Å². The van der Waals surface area contributed by atoms with Crippen LogP contribution in [0, 0.1) is 0 Å². The monoisotopic (exact) mass is 329 g/mol. The van der Waals surface area contributed by atoms with Crippen LogP contribution < -0.4 is 10.1 Å². The maximum atomic E-state index is 12.6. The summed E-state index contributed by atoms with van der Waals surface area (Å²) in [6.07, 6.45) is 2.47. The predicted molar refractivity (Wildman–Crippen MR) is 91.5 cm³/mol. The number of hydrogen-bond acceptors (Lipinski definition) is 4. The molecule has 24 heavy (non-hydrogen) atoms. The molecule has 3 heterocycles. The minimum absolute atomic E-state index is 0.0524. The number of H-pyrrole nitrogens is 1. The van der Waals surface area contributed by atoms with Crippen LogP contribution in [-0.2, 0) is 4.74 Å². The number of carbonyl (C=O) groups is 1. The Morgan fingerprint density at radius 1 is 1.29 bits per heavy atom. The van der Waals surface area contributed by atoms with Gasteiger partial charge < -0.3 is 19.8 Å². The van der Waals surface area contributed by atoms with Crippen molar-refractivity contribution in [3.63, 3.8) is 0 Å². The van der Waals surface area contributed by atoms with Crippen molar-refractivity contribution in [2.24, 2.45) is 0 Å². The van der Waals surface area contributed by atoms with Crippen LogP contribution in [0.1, 0.15) is 23.3 Å². The van der Waals surface area contributed by atoms with Gasteiger partial charge in [-0.25, -0.2) is 0 Å². The van der Waals surface area contributed by atoms with E-state index < -0.39 is 0 Å². The van der Waals surface area contributed by atoms with Gasteiger partial charge in [-0.2, -0.15) is 0 Å². The highest BCUT2D eigenvalue weighted by molar-refractivity contribution is 5.98. The Morgan fingerprint density at radius 3 is 2.92 bits per heavy atom. The van der Waals surface area contributed by atoms with Gasteiger partial charge in [-0.1, -0.05) is 0 Å². The average molecular weight is 329 g/mol. The van der Waals surface area contributed by atoms with E-state index in [4.69, 9.17) is 9.47 Å². The maximum absolute atomic E-state index is 12.6. The predicted octanol–water partition coefficient (Wildman–Crippen LogP) is 1.77. The van der Waals surface area contributed by atoms with Gasteiger partial charge >= 0.3 is 0 Å². The third-order valence-corrected chi connectivity index (χ3v) is 5.05. The lowest BCUT2D eigenvalue weighted by molar-refractivity contribution is 0.0912. The number of nitrogens with one attached hydrogen (secondary N) is 2. The molecule has 2 saturated heterocycles. The standard InChI is InChI=1S/C18H23N3O3/c1-23-13-4-5-14-12(8-13)9-15(19-14)18(22)20-16-10-24-11-17(16)21-6-2-3-7-21/h4-5,8-9,16-17,19H,2-3,6-7,10-11H2,1H3,(H,20,22)/t16-,17-/m1/s1. The highest BCUT2D eigenvalue weighted by atomic mass is 16.5. The summed E-state index contributed by atoms with van der Waals surface area (Å²) < 4.78 is 10.9. The molecule has 2 aromatic rings. The molecule has 4 rings (SSSR count). The summed E-state index contributed by atoms with van der Waals surface area (Å²) in [7, 11) is 1.64. The molecule has 1 aromatic carbocycles. The first-order chi connectivity index (χ1) is 11.7. The molecular weight excluding hydrogens is 306 g/mol. The zero-order chi connectivity index (χ0) is 16.5. The van der Waals surface area contributed by atoms with E-state index in [-0.39, 0.29) is 11.9 Å². The van der Waals surface area contributed by atoms with E-state index >= 15 is 0 Å². The molecule has 128 valence electrons. The SMILES string of the molecule is COc1ccc2[nH]c(C(=O)N[C@@H]3COC[C@H]3N3CCCC3)cc2c1. The summed E-state index contributed by atoms with van der Waals surface area (Å²) in [4.78, 5) is 18.3. The molecule has 0 unspecified atom stereocenters. The normalized spacial score (nSPS) is 24.5. The third kappa shape index (κ3) is 2.87. The van der Waals surface area contributed by atoms with Crippen molar-refractivity contribution in [3.8, 4) is 5.75 Å². The Labute approximate surface area is 141 Å². The van der Waals surface area contributed by atoms with Crippen molar-refractivity contribution in [3.05, 3.63) is 30.0 Å². The van der Waals surface area contributed by atoms with Gasteiger partial charge in [-0.3, -0.25) is 9.69 Å². The van der Waals surface area contributed by atoms with E-state index in [1.165, 1.54) is 12.8 Å². The van der Waals surface area contributed by atoms with E-state index in [1.807, 2.05) is 24.3 Å². The summed E-state index contributed by atoms with van der Waals surface area (Å²) in [5.41, 5.74) is 1.50. The number of aromatic nitrogens is 1. The van der Waals surface area contributed by atoms with Crippen LogP contribution in [0.3, 0.4) is 0 Å². The van der Waals surface area contributed by atoms with Gasteiger partial charge in [0, 0.05) is 10.9 Å². The van der Waals surface area contributed by atoms with Crippen LogP contribution in [0.5, 0.6) is 5.75 Å². The molecule has 2 aliphatic heterocycles. The Kier molecular flexibility index (Phi) is 4.16. The molecule has 6 heteroatoms. The highest BCUT2D eigenvalue weighted by Crippen LogP contribution is 2.22. The maximum Gasteiger partial charge on any atom is 0.268 e. The summed E-state index contributed by atoms with van der Waals surface area (Å²) in [5.74, 6) is 0.705. The third-order valence-electron chi connectivity index (χ3n) is 5.05. The molecule has 0 bridgehead atoms. The second-order valence-electron chi connectivity index (χ2n) is 6.56. The number of aromatic amines is 1. The molecule has 2 N–H and O–H groups in total. The fraction of sp³-hybridized carbons (Fsp3) is 0.500. The van der Waals surface area contributed by atoms with Crippen molar-refractivity contribution in [1.82, 2.24) is 15.2 Å². The lowest BCUT2D eigenvalue weighted by atomic mass is 10.1. The number of benzene rings is 1. The lowest BCUT2D eigenvalue weighted by Crippen LogP contribution is -2.50. The smallest absolute Gasteiger partial charge is 0.268 e. The zero-order valence-corrected chi connectivity index (χ0v) is 13.9. The molecule has 2 atom stereocenters. The first kappa shape index (κ1) is 15.5. The molecule has 6 nitrogen and oxygen atoms in total. The first-order valence-corrected chi connectivity index (χ1v) is 8.54. The van der Waals surface area contributed by atoms with E-state index in [0.717, 1.165) is 29.7 Å². The van der Waals surface area contributed by atoms with Gasteiger partial charge in [0.2, 0.25) is 0 Å². The van der Waals surface area contributed by atoms with Gasteiger partial charge in [-0.05, 0) is 50.2 Å². The Bertz CT molecular complexity index is 736. The average Bonchev–Trinajstić information content (AvgIpc) is 3.33. The van der Waals surface area contributed by atoms with Crippen molar-refractivity contribution in [2.45, 2.75) is 24.9 Å². The summed E-state index contributed by atoms with van der Waals surface area (Å²) in [6.45, 7) is 3.50. The summed E-state index contributed by atoms with van der Waals surface area (Å²) in [6, 6.07) is 7.95. The molecule has 2 fully saturated rings. The molecule has 0 saturated carbocycles. The molecular formula is C18H23N3O3. The number of methoxy groups -OCH3 is 1. The second kappa shape index (κ2) is 6.45. The van der Waals surface area contributed by atoms with Crippen molar-refractivity contribution >= 4 is 16.8 Å². The van der Waals surface area contributed by atoms with Gasteiger partial charge in [0.05, 0.1) is 32.4 Å². The molecule has 2 aliphatic rings. The molecule has 0 spiro atoms. The minimum atomic E-state index is -0.0788. The number of amides is 1. The second-order valence-corrected chi connectivity index (χ2v) is 6.56. The van der Waals surface area contributed by atoms with Gasteiger partial charge in [0.25, 0.3) is 5.91 Å². The fourth-order valence-electron chi connectivity index (χ4n) is 3.72. The van der Waals surface area contributed by atoms with Crippen LogP contribution >= 0.6 is 0 Å². The van der Waals surface area contributed by atoms with E-state index in [9.17, 15) is 4.79 Å². The largest absolute Gasteiger partial charge is 0.497 e. The number of nitrogens with zero attached hydrogens (tertiary/aromatic N) is 1. The van der Waals surface area contributed by atoms with Crippen molar-refractivity contribution in [1.29, 1.82) is 0 Å². The van der Waals surface area contributed by atoms with E-state index in [0.29, 0.717) is 24.9 Å². The highest BCUT2D eigenvalue weighted by Gasteiger charge is 2.35. The summed E-state index contributed by atoms with van der Waals surface area (Å²) >= 11 is 0. The van der Waals surface area contributed by atoms with Gasteiger partial charge in [-0.15, -0.1) is 0 Å². The number of carbonyl (C=O) groups excluding carboxylic acids is 1. The van der Waals surface area contributed by atoms with Crippen LogP contribution in [0.4, 0.5) is 0 Å². The van der Waals surface area contributed by atoms with Crippen molar-refractivity contribution < 1.29 is 14.3 Å². The fourth-order valence-corrected chi connectivity index (χ4v) is 3.72. The topological polar surface area (TPSA) is 66.6 Å². The molecule has 1 amide bonds. The molecule has 0 radical (unpaired) electrons. The number of ether oxygens (including phenoxy) is 2. The van der Waals surface area contributed by atoms with Crippen LogP contribution in [0.2, 0.25) is 0 Å². The quantitative estimate of drug-likeness (QED) is 0.897. The Hall–Kier alpha value is -2.05. The number of hydrogen-bond donors (Lipinski definition) is 2. The summed E-state index contributed by atoms with van der Waals surface area (Å²) in [5, 5.41) is 4.11.